The Bertz CT molecular complexity index is 728. The van der Waals surface area contributed by atoms with Gasteiger partial charge in [0.15, 0.2) is 0 Å². The molecule has 3 rings (SSSR count). The summed E-state index contributed by atoms with van der Waals surface area (Å²) < 4.78 is 0. The van der Waals surface area contributed by atoms with E-state index in [-0.39, 0.29) is 10.6 Å². The number of benzene rings is 2. The molecule has 1 N–H and O–H groups in total. The van der Waals surface area contributed by atoms with Crippen LogP contribution in [0.15, 0.2) is 54.6 Å². The molecule has 0 aliphatic carbocycles. The second kappa shape index (κ2) is 7.51. The number of nitrogens with one attached hydrogen (secondary N) is 1. The van der Waals surface area contributed by atoms with Gasteiger partial charge in [0, 0.05) is 23.3 Å². The standard InChI is InChI=1S/C18H19N3O2S/c22-21(23)17-8-4-7-16(13-17)18(24)20-11-9-19(10-12-20)14-15-5-2-1-3-6-15/h1-8,13H,9-12,14H2/p+1. The normalized spacial score (nSPS) is 15.2. The Morgan fingerprint density at radius 1 is 1.12 bits per heavy atom. The molecular weight excluding hydrogens is 322 g/mol. The number of thiocarbonyl (C=S) groups is 1. The van der Waals surface area contributed by atoms with Gasteiger partial charge in [-0.05, 0) is 0 Å². The topological polar surface area (TPSA) is 50.8 Å². The van der Waals surface area contributed by atoms with Gasteiger partial charge in [0.05, 0.1) is 31.1 Å². The van der Waals surface area contributed by atoms with Gasteiger partial charge < -0.3 is 9.80 Å². The predicted molar refractivity (Wildman–Crippen MR) is 97.2 cm³/mol. The molecule has 1 heterocycles. The molecular formula is C18H20N3O2S+. The molecule has 0 radical (unpaired) electrons. The fourth-order valence-corrected chi connectivity index (χ4v) is 3.33. The van der Waals surface area contributed by atoms with Crippen molar-refractivity contribution < 1.29 is 9.82 Å². The molecule has 0 unspecified atom stereocenters. The molecule has 2 aromatic carbocycles. The third-order valence-corrected chi connectivity index (χ3v) is 4.85. The van der Waals surface area contributed by atoms with Gasteiger partial charge in [0.25, 0.3) is 5.69 Å². The fraction of sp³-hybridized carbons (Fsp3) is 0.278. The van der Waals surface area contributed by atoms with E-state index in [1.165, 1.54) is 11.6 Å². The van der Waals surface area contributed by atoms with Crippen LogP contribution in [0, 0.1) is 10.1 Å². The number of hydrogen-bond donors (Lipinski definition) is 1. The summed E-state index contributed by atoms with van der Waals surface area (Å²) >= 11 is 5.55. The molecule has 6 heteroatoms. The Morgan fingerprint density at radius 3 is 2.50 bits per heavy atom. The number of piperazine rings is 1. The zero-order chi connectivity index (χ0) is 16.9. The molecule has 0 amide bonds. The van der Waals surface area contributed by atoms with Gasteiger partial charge in [0.1, 0.15) is 11.5 Å². The average Bonchev–Trinajstić information content (AvgIpc) is 2.63. The lowest BCUT2D eigenvalue weighted by atomic mass is 10.1. The van der Waals surface area contributed by atoms with Crippen molar-refractivity contribution in [3.8, 4) is 0 Å². The van der Waals surface area contributed by atoms with Crippen LogP contribution in [0.3, 0.4) is 0 Å². The molecule has 1 fully saturated rings. The monoisotopic (exact) mass is 342 g/mol. The summed E-state index contributed by atoms with van der Waals surface area (Å²) in [6.07, 6.45) is 0. The van der Waals surface area contributed by atoms with Crippen molar-refractivity contribution in [1.29, 1.82) is 0 Å². The van der Waals surface area contributed by atoms with E-state index in [1.54, 1.807) is 17.0 Å². The highest BCUT2D eigenvalue weighted by Gasteiger charge is 2.23. The Morgan fingerprint density at radius 2 is 1.83 bits per heavy atom. The second-order valence-electron chi connectivity index (χ2n) is 6.01. The number of quaternary nitrogens is 1. The predicted octanol–water partition coefficient (Wildman–Crippen LogP) is 1.67. The Labute approximate surface area is 146 Å². The first-order valence-corrected chi connectivity index (χ1v) is 8.45. The van der Waals surface area contributed by atoms with Gasteiger partial charge in [-0.2, -0.15) is 0 Å². The van der Waals surface area contributed by atoms with Crippen LogP contribution in [0.1, 0.15) is 11.1 Å². The molecule has 1 saturated heterocycles. The fourth-order valence-electron chi connectivity index (χ4n) is 3.02. The molecule has 2 aromatic rings. The average molecular weight is 342 g/mol. The van der Waals surface area contributed by atoms with Crippen molar-refractivity contribution >= 4 is 22.9 Å². The minimum absolute atomic E-state index is 0.0863. The zero-order valence-electron chi connectivity index (χ0n) is 13.4. The molecule has 0 aromatic heterocycles. The third kappa shape index (κ3) is 3.96. The molecule has 5 nitrogen and oxygen atoms in total. The lowest BCUT2D eigenvalue weighted by Crippen LogP contribution is -3.13. The van der Waals surface area contributed by atoms with E-state index in [0.717, 1.165) is 38.3 Å². The summed E-state index contributed by atoms with van der Waals surface area (Å²) in [5, 5.41) is 10.9. The number of hydrogen-bond acceptors (Lipinski definition) is 3. The van der Waals surface area contributed by atoms with Gasteiger partial charge in [-0.3, -0.25) is 10.1 Å². The number of nitro benzene ring substituents is 1. The molecule has 0 atom stereocenters. The van der Waals surface area contributed by atoms with Crippen molar-refractivity contribution in [2.75, 3.05) is 26.2 Å². The summed E-state index contributed by atoms with van der Waals surface area (Å²) in [5.74, 6) is 0. The first-order valence-electron chi connectivity index (χ1n) is 8.05. The van der Waals surface area contributed by atoms with E-state index in [0.29, 0.717) is 4.99 Å². The number of nitro groups is 1. The summed E-state index contributed by atoms with van der Waals surface area (Å²) in [7, 11) is 0. The SMILES string of the molecule is O=[N+]([O-])c1cccc(C(=S)N2CC[NH+](Cc3ccccc3)CC2)c1. The Kier molecular flexibility index (Phi) is 5.17. The molecule has 1 aliphatic rings. The minimum Gasteiger partial charge on any atom is -0.351 e. The Hall–Kier alpha value is -2.31. The van der Waals surface area contributed by atoms with E-state index in [9.17, 15) is 10.1 Å². The summed E-state index contributed by atoms with van der Waals surface area (Å²) in [5.41, 5.74) is 2.19. The van der Waals surface area contributed by atoms with Gasteiger partial charge >= 0.3 is 0 Å². The molecule has 0 saturated carbocycles. The van der Waals surface area contributed by atoms with Crippen LogP contribution < -0.4 is 4.90 Å². The van der Waals surface area contributed by atoms with Crippen molar-refractivity contribution in [1.82, 2.24) is 4.90 Å². The smallest absolute Gasteiger partial charge is 0.270 e. The second-order valence-corrected chi connectivity index (χ2v) is 6.40. The minimum atomic E-state index is -0.381. The van der Waals surface area contributed by atoms with Crippen LogP contribution in [0.25, 0.3) is 0 Å². The van der Waals surface area contributed by atoms with Crippen LogP contribution in [0.5, 0.6) is 0 Å². The first-order chi connectivity index (χ1) is 11.6. The maximum absolute atomic E-state index is 10.9. The van der Waals surface area contributed by atoms with Crippen LogP contribution in [0.2, 0.25) is 0 Å². The quantitative estimate of drug-likeness (QED) is 0.522. The largest absolute Gasteiger partial charge is 0.351 e. The number of nitrogens with zero attached hydrogens (tertiary/aromatic N) is 2. The highest BCUT2D eigenvalue weighted by atomic mass is 32.1. The zero-order valence-corrected chi connectivity index (χ0v) is 14.2. The van der Waals surface area contributed by atoms with Crippen LogP contribution in [-0.2, 0) is 6.54 Å². The van der Waals surface area contributed by atoms with Gasteiger partial charge in [0.2, 0.25) is 0 Å². The van der Waals surface area contributed by atoms with Crippen molar-refractivity contribution in [2.24, 2.45) is 0 Å². The van der Waals surface area contributed by atoms with E-state index >= 15 is 0 Å². The van der Waals surface area contributed by atoms with E-state index in [2.05, 4.69) is 29.2 Å². The maximum Gasteiger partial charge on any atom is 0.270 e. The summed E-state index contributed by atoms with van der Waals surface area (Å²) in [6.45, 7) is 4.82. The maximum atomic E-state index is 10.9. The van der Waals surface area contributed by atoms with Gasteiger partial charge in [-0.25, -0.2) is 0 Å². The molecule has 1 aliphatic heterocycles. The third-order valence-electron chi connectivity index (χ3n) is 4.36. The summed E-state index contributed by atoms with van der Waals surface area (Å²) in [4.78, 5) is 14.9. The van der Waals surface area contributed by atoms with E-state index in [1.807, 2.05) is 12.1 Å². The highest BCUT2D eigenvalue weighted by Crippen LogP contribution is 2.15. The molecule has 124 valence electrons. The first kappa shape index (κ1) is 16.5. The van der Waals surface area contributed by atoms with E-state index in [4.69, 9.17) is 12.2 Å². The number of rotatable bonds is 4. The highest BCUT2D eigenvalue weighted by molar-refractivity contribution is 7.80. The lowest BCUT2D eigenvalue weighted by Gasteiger charge is -2.33. The van der Waals surface area contributed by atoms with Gasteiger partial charge in [-0.1, -0.05) is 54.7 Å². The molecule has 0 bridgehead atoms. The molecule has 24 heavy (non-hydrogen) atoms. The van der Waals surface area contributed by atoms with Crippen LogP contribution in [-0.4, -0.2) is 41.0 Å². The Balaban J connectivity index is 1.59. The van der Waals surface area contributed by atoms with Crippen molar-refractivity contribution in [3.05, 3.63) is 75.8 Å². The molecule has 0 spiro atoms. The van der Waals surface area contributed by atoms with E-state index < -0.39 is 0 Å². The van der Waals surface area contributed by atoms with Crippen molar-refractivity contribution in [2.45, 2.75) is 6.54 Å². The van der Waals surface area contributed by atoms with Crippen LogP contribution >= 0.6 is 12.2 Å². The van der Waals surface area contributed by atoms with Gasteiger partial charge in [-0.15, -0.1) is 0 Å². The number of non-ortho nitro benzene ring substituents is 1. The van der Waals surface area contributed by atoms with Crippen molar-refractivity contribution in [3.63, 3.8) is 0 Å². The lowest BCUT2D eigenvalue weighted by molar-refractivity contribution is -0.917. The van der Waals surface area contributed by atoms with Crippen LogP contribution in [0.4, 0.5) is 5.69 Å². The summed E-state index contributed by atoms with van der Waals surface area (Å²) in [6, 6.07) is 17.1.